The molecule has 0 amide bonds. The second-order valence-corrected chi connectivity index (χ2v) is 11.1. The van der Waals surface area contributed by atoms with Crippen LogP contribution in [-0.2, 0) is 31.8 Å². The van der Waals surface area contributed by atoms with Crippen molar-refractivity contribution in [1.29, 1.82) is 10.5 Å². The molecule has 0 unspecified atom stereocenters. The zero-order valence-corrected chi connectivity index (χ0v) is 29.7. The molecule has 2 fully saturated rings. The molecule has 0 aliphatic heterocycles. The van der Waals surface area contributed by atoms with Crippen LogP contribution in [0.2, 0.25) is 0 Å². The first-order valence-corrected chi connectivity index (χ1v) is 16.0. The fourth-order valence-corrected chi connectivity index (χ4v) is 5.26. The van der Waals surface area contributed by atoms with E-state index in [9.17, 15) is 10.5 Å². The van der Waals surface area contributed by atoms with Crippen LogP contribution in [0.1, 0.15) is 90.5 Å². The number of nitrogens with two attached hydrogens (primary N) is 2. The van der Waals surface area contributed by atoms with E-state index in [4.69, 9.17) is 52.3 Å². The highest BCUT2D eigenvalue weighted by Crippen LogP contribution is 2.35. The summed E-state index contributed by atoms with van der Waals surface area (Å²) in [5.74, 6) is -1.70. The summed E-state index contributed by atoms with van der Waals surface area (Å²) in [6.07, 6.45) is -17.9. The van der Waals surface area contributed by atoms with Crippen molar-refractivity contribution in [3.8, 4) is 34.7 Å². The fourth-order valence-electron chi connectivity index (χ4n) is 5.26. The molecule has 4 N–H and O–H groups in total. The molecule has 4 heterocycles. The van der Waals surface area contributed by atoms with Crippen LogP contribution in [0.15, 0.2) is 49.1 Å². The van der Waals surface area contributed by atoms with E-state index >= 15 is 0 Å². The zero-order valence-electron chi connectivity index (χ0n) is 45.7. The maximum Gasteiger partial charge on any atom is 0.161 e. The number of hydrogen-bond donors (Lipinski definition) is 2. The third-order valence-corrected chi connectivity index (χ3v) is 7.98. The van der Waals surface area contributed by atoms with E-state index in [-0.39, 0.29) is 35.9 Å². The Bertz CT molecular complexity index is 2670. The van der Waals surface area contributed by atoms with Crippen molar-refractivity contribution in [2.24, 2.45) is 5.92 Å². The van der Waals surface area contributed by atoms with Gasteiger partial charge in [-0.05, 0) is 43.8 Å². The maximum atomic E-state index is 9.39. The number of aromatic nitrogens is 8. The summed E-state index contributed by atoms with van der Waals surface area (Å²) >= 11 is 0. The zero-order chi connectivity index (χ0) is 52.8. The molecule has 54 heavy (non-hydrogen) atoms. The lowest BCUT2D eigenvalue weighted by Gasteiger charge is -2.16. The highest BCUT2D eigenvalue weighted by atomic mass is 16.7. The molecule has 6 rings (SSSR count). The SMILES string of the molecule is [2H]C1([2H])C(/C(=C/C#N)n2cc(-c3ncnc(N)c3CC(OC)OC)cn2)C([2H])([2H])C([2H])([2H])C1([2H])[2H].[2H]C1([2H])C(=C(CC#N)n2cc(-c3ncnc(N)c3CC(OC)OC)cn2)C([2H])([2H])C([2H])([2H])C1([2H])[2H]. The largest absolute Gasteiger partial charge is 0.383 e. The molecule has 16 nitrogen and oxygen atoms in total. The molecule has 2 saturated carbocycles. The number of allylic oxidation sites excluding steroid dienone is 4. The van der Waals surface area contributed by atoms with Gasteiger partial charge in [0.05, 0.1) is 53.7 Å². The monoisotopic (exact) mass is 752 g/mol. The van der Waals surface area contributed by atoms with Crippen molar-refractivity contribution in [2.45, 2.75) is 82.8 Å². The first-order chi connectivity index (χ1) is 32.4. The minimum Gasteiger partial charge on any atom is -0.383 e. The van der Waals surface area contributed by atoms with Crippen LogP contribution in [0.25, 0.3) is 33.9 Å². The molecule has 0 radical (unpaired) electrons. The van der Waals surface area contributed by atoms with Gasteiger partial charge in [-0.15, -0.1) is 0 Å². The lowest BCUT2D eigenvalue weighted by atomic mass is 10.0. The van der Waals surface area contributed by atoms with Crippen molar-refractivity contribution in [1.82, 2.24) is 39.5 Å². The molecule has 4 aromatic heterocycles. The number of rotatable bonds is 14. The topological polar surface area (TPSA) is 224 Å². The number of ether oxygens (including phenoxy) is 4. The molecule has 0 aromatic carbocycles. The molecule has 0 bridgehead atoms. The third-order valence-electron chi connectivity index (χ3n) is 7.98. The molecule has 2 aliphatic carbocycles. The van der Waals surface area contributed by atoms with Crippen molar-refractivity contribution in [2.75, 3.05) is 39.9 Å². The van der Waals surface area contributed by atoms with E-state index in [1.807, 2.05) is 6.07 Å². The first-order valence-electron chi connectivity index (χ1n) is 24.0. The lowest BCUT2D eigenvalue weighted by molar-refractivity contribution is -0.100. The Morgan fingerprint density at radius 2 is 1.31 bits per heavy atom. The molecular weight excluding hydrogens is 688 g/mol. The summed E-state index contributed by atoms with van der Waals surface area (Å²) in [4.78, 5) is 16.5. The van der Waals surface area contributed by atoms with Gasteiger partial charge in [0.15, 0.2) is 12.6 Å². The fraction of sp³-hybridized carbons (Fsp3) is 0.474. The average molecular weight is 753 g/mol. The third kappa shape index (κ3) is 9.52. The van der Waals surface area contributed by atoms with Gasteiger partial charge in [-0.2, -0.15) is 20.7 Å². The van der Waals surface area contributed by atoms with Gasteiger partial charge in [-0.1, -0.05) is 12.7 Å². The number of nitrogen functional groups attached to an aromatic ring is 2. The Hall–Kier alpha value is -5.52. The van der Waals surface area contributed by atoms with Gasteiger partial charge in [0.1, 0.15) is 24.3 Å². The van der Waals surface area contributed by atoms with Gasteiger partial charge < -0.3 is 30.4 Å². The van der Waals surface area contributed by atoms with E-state index in [0.29, 0.717) is 33.6 Å². The highest BCUT2D eigenvalue weighted by Gasteiger charge is 2.24. The van der Waals surface area contributed by atoms with Crippen LogP contribution < -0.4 is 11.5 Å². The standard InChI is InChI=1S/2C19H24N6O2/c2*1-26-17(27-2)9-15-18(22-12-23-19(15)21)14-10-24-25(11-14)16(7-8-20)13-5-3-4-6-13/h10-12,17H,3-7,9H2,1-2H3,(H2,21,22,23);7,10-13,17H,3-6,9H2,1-2H3,(H2,21,22,23)/b;16-7-/i2*3D2,4D2,5D2,6D2. The Balaban J connectivity index is 0.000000261. The van der Waals surface area contributed by atoms with Gasteiger partial charge in [-0.25, -0.2) is 29.3 Å². The van der Waals surface area contributed by atoms with E-state index < -0.39 is 81.5 Å². The number of nitrogens with zero attached hydrogens (tertiary/aromatic N) is 10. The molecule has 0 spiro atoms. The Morgan fingerprint density at radius 1 is 0.815 bits per heavy atom. The molecular formula is C38H48N12O4. The molecule has 284 valence electrons. The first kappa shape index (κ1) is 23.3. The van der Waals surface area contributed by atoms with Gasteiger partial charge >= 0.3 is 0 Å². The summed E-state index contributed by atoms with van der Waals surface area (Å²) in [5, 5.41) is 27.0. The second-order valence-electron chi connectivity index (χ2n) is 11.1. The maximum absolute atomic E-state index is 9.39. The van der Waals surface area contributed by atoms with Crippen LogP contribution in [0.3, 0.4) is 0 Å². The number of methoxy groups -OCH3 is 4. The lowest BCUT2D eigenvalue weighted by Crippen LogP contribution is -2.18. The predicted molar refractivity (Wildman–Crippen MR) is 202 cm³/mol. The average Bonchev–Trinajstić information content (AvgIpc) is 4.01. The van der Waals surface area contributed by atoms with Crippen LogP contribution >= 0.6 is 0 Å². The number of anilines is 2. The van der Waals surface area contributed by atoms with Gasteiger partial charge in [-0.3, -0.25) is 0 Å². The van der Waals surface area contributed by atoms with Gasteiger partial charge in [0.2, 0.25) is 0 Å². The number of nitriles is 2. The van der Waals surface area contributed by atoms with Crippen LogP contribution in [0, 0.1) is 28.6 Å². The Labute approximate surface area is 337 Å². The van der Waals surface area contributed by atoms with Gasteiger partial charge in [0.25, 0.3) is 0 Å². The predicted octanol–water partition coefficient (Wildman–Crippen LogP) is 5.42. The van der Waals surface area contributed by atoms with Crippen LogP contribution in [-0.4, -0.2) is 80.5 Å². The highest BCUT2D eigenvalue weighted by molar-refractivity contribution is 5.69. The second kappa shape index (κ2) is 19.5. The van der Waals surface area contributed by atoms with E-state index in [2.05, 4.69) is 30.1 Å². The van der Waals surface area contributed by atoms with E-state index in [0.717, 1.165) is 15.4 Å². The summed E-state index contributed by atoms with van der Waals surface area (Å²) in [6.45, 7) is 0. The Morgan fingerprint density at radius 3 is 1.80 bits per heavy atom. The minimum atomic E-state index is -3.22. The van der Waals surface area contributed by atoms with Crippen molar-refractivity contribution in [3.63, 3.8) is 0 Å². The minimum absolute atomic E-state index is 0.152. The summed E-state index contributed by atoms with van der Waals surface area (Å²) in [6, 6.07) is 3.51. The number of hydrogen-bond acceptors (Lipinski definition) is 14. The Kier molecular flexibility index (Phi) is 8.43. The van der Waals surface area contributed by atoms with Crippen molar-refractivity contribution < 1.29 is 40.9 Å². The van der Waals surface area contributed by atoms with Crippen LogP contribution in [0.4, 0.5) is 11.6 Å². The normalized spacial score (nSPS) is 26.5. The summed E-state index contributed by atoms with van der Waals surface area (Å²) in [5.41, 5.74) is 12.9. The van der Waals surface area contributed by atoms with E-state index in [1.54, 1.807) is 6.07 Å². The summed E-state index contributed by atoms with van der Waals surface area (Å²) < 4.78 is 154. The molecule has 0 atom stereocenters. The molecule has 0 saturated heterocycles. The quantitative estimate of drug-likeness (QED) is 0.121. The van der Waals surface area contributed by atoms with Crippen molar-refractivity contribution >= 4 is 23.0 Å². The van der Waals surface area contributed by atoms with Crippen molar-refractivity contribution in [3.05, 3.63) is 60.2 Å². The van der Waals surface area contributed by atoms with Crippen LogP contribution in [0.5, 0.6) is 0 Å². The molecule has 2 aliphatic rings. The van der Waals surface area contributed by atoms with Gasteiger partial charge in [0, 0.05) is 110 Å². The van der Waals surface area contributed by atoms with E-state index in [1.165, 1.54) is 65.9 Å². The smallest absolute Gasteiger partial charge is 0.161 e. The molecule has 16 heteroatoms. The summed E-state index contributed by atoms with van der Waals surface area (Å²) in [7, 11) is 5.80. The molecule has 4 aromatic rings.